The van der Waals surface area contributed by atoms with Crippen LogP contribution >= 0.6 is 0 Å². The fourth-order valence-electron chi connectivity index (χ4n) is 1.28. The Hall–Kier alpha value is -0.800. The summed E-state index contributed by atoms with van der Waals surface area (Å²) in [5.74, 6) is 1.94. The van der Waals surface area contributed by atoms with Gasteiger partial charge in [-0.1, -0.05) is 0 Å². The first kappa shape index (κ1) is 11.3. The Morgan fingerprint density at radius 3 is 2.86 bits per heavy atom. The van der Waals surface area contributed by atoms with E-state index < -0.39 is 0 Å². The standard InChI is InChI=1S/C11H19NO2/c1-4-13-8-7-12-10(3)11-6-5-9(2)14-11/h5-6,10,12H,4,7-8H2,1-3H3/t10-/m1/s1. The summed E-state index contributed by atoms with van der Waals surface area (Å²) in [5, 5.41) is 3.33. The zero-order valence-electron chi connectivity index (χ0n) is 9.17. The molecule has 1 heterocycles. The van der Waals surface area contributed by atoms with Gasteiger partial charge in [-0.05, 0) is 32.9 Å². The molecule has 3 heteroatoms. The van der Waals surface area contributed by atoms with Gasteiger partial charge in [0.1, 0.15) is 11.5 Å². The van der Waals surface area contributed by atoms with E-state index in [-0.39, 0.29) is 6.04 Å². The number of hydrogen-bond acceptors (Lipinski definition) is 3. The molecule has 0 unspecified atom stereocenters. The monoisotopic (exact) mass is 197 g/mol. The van der Waals surface area contributed by atoms with Crippen LogP contribution in [0.25, 0.3) is 0 Å². The molecule has 0 saturated heterocycles. The fraction of sp³-hybridized carbons (Fsp3) is 0.636. The van der Waals surface area contributed by atoms with Crippen LogP contribution in [0.15, 0.2) is 16.5 Å². The molecule has 14 heavy (non-hydrogen) atoms. The van der Waals surface area contributed by atoms with Crippen molar-refractivity contribution in [2.45, 2.75) is 26.8 Å². The average molecular weight is 197 g/mol. The Labute approximate surface area is 85.4 Å². The van der Waals surface area contributed by atoms with E-state index in [1.165, 1.54) is 0 Å². The number of rotatable bonds is 6. The maximum atomic E-state index is 5.50. The van der Waals surface area contributed by atoms with Crippen LogP contribution in [0.1, 0.15) is 31.4 Å². The number of nitrogens with one attached hydrogen (secondary N) is 1. The quantitative estimate of drug-likeness (QED) is 0.710. The number of aryl methyl sites for hydroxylation is 1. The van der Waals surface area contributed by atoms with Crippen LogP contribution in [0, 0.1) is 6.92 Å². The molecule has 80 valence electrons. The van der Waals surface area contributed by atoms with Crippen molar-refractivity contribution in [1.29, 1.82) is 0 Å². The van der Waals surface area contributed by atoms with Gasteiger partial charge in [-0.15, -0.1) is 0 Å². The molecule has 1 atom stereocenters. The Morgan fingerprint density at radius 1 is 1.50 bits per heavy atom. The van der Waals surface area contributed by atoms with Gasteiger partial charge in [-0.2, -0.15) is 0 Å². The van der Waals surface area contributed by atoms with Crippen molar-refractivity contribution >= 4 is 0 Å². The predicted octanol–water partition coefficient (Wildman–Crippen LogP) is 2.28. The van der Waals surface area contributed by atoms with Gasteiger partial charge in [0.15, 0.2) is 0 Å². The second-order valence-corrected chi connectivity index (χ2v) is 3.32. The van der Waals surface area contributed by atoms with Gasteiger partial charge >= 0.3 is 0 Å². The second-order valence-electron chi connectivity index (χ2n) is 3.32. The molecule has 0 amide bonds. The molecule has 3 nitrogen and oxygen atoms in total. The summed E-state index contributed by atoms with van der Waals surface area (Å²) >= 11 is 0. The van der Waals surface area contributed by atoms with Gasteiger partial charge in [-0.25, -0.2) is 0 Å². The fourth-order valence-corrected chi connectivity index (χ4v) is 1.28. The van der Waals surface area contributed by atoms with Crippen LogP contribution in [0.4, 0.5) is 0 Å². The maximum Gasteiger partial charge on any atom is 0.120 e. The van der Waals surface area contributed by atoms with Crippen molar-refractivity contribution in [1.82, 2.24) is 5.32 Å². The van der Waals surface area contributed by atoms with E-state index in [1.807, 2.05) is 26.0 Å². The Bertz CT molecular complexity index is 258. The van der Waals surface area contributed by atoms with Gasteiger partial charge in [0.2, 0.25) is 0 Å². The van der Waals surface area contributed by atoms with Gasteiger partial charge in [0.25, 0.3) is 0 Å². The lowest BCUT2D eigenvalue weighted by molar-refractivity contribution is 0.146. The van der Waals surface area contributed by atoms with Crippen LogP contribution in [0.3, 0.4) is 0 Å². The van der Waals surface area contributed by atoms with Gasteiger partial charge in [0, 0.05) is 13.2 Å². The lowest BCUT2D eigenvalue weighted by Gasteiger charge is -2.10. The van der Waals surface area contributed by atoms with Gasteiger partial charge in [-0.3, -0.25) is 0 Å². The largest absolute Gasteiger partial charge is 0.465 e. The Morgan fingerprint density at radius 2 is 2.29 bits per heavy atom. The molecule has 0 saturated carbocycles. The third-order valence-corrected chi connectivity index (χ3v) is 2.09. The highest BCUT2D eigenvalue weighted by atomic mass is 16.5. The molecule has 0 bridgehead atoms. The third kappa shape index (κ3) is 3.52. The molecule has 1 N–H and O–H groups in total. The number of furan rings is 1. The first-order valence-corrected chi connectivity index (χ1v) is 5.11. The average Bonchev–Trinajstić information content (AvgIpc) is 2.59. The molecule has 1 aromatic heterocycles. The molecule has 1 rings (SSSR count). The molecule has 0 aliphatic heterocycles. The Kier molecular flexibility index (Phi) is 4.70. The summed E-state index contributed by atoms with van der Waals surface area (Å²) in [6.07, 6.45) is 0. The number of hydrogen-bond donors (Lipinski definition) is 1. The summed E-state index contributed by atoms with van der Waals surface area (Å²) in [7, 11) is 0. The van der Waals surface area contributed by atoms with Crippen molar-refractivity contribution in [3.8, 4) is 0 Å². The SMILES string of the molecule is CCOCCN[C@H](C)c1ccc(C)o1. The van der Waals surface area contributed by atoms with Crippen LogP contribution in [0.2, 0.25) is 0 Å². The van der Waals surface area contributed by atoms with E-state index in [2.05, 4.69) is 12.2 Å². The van der Waals surface area contributed by atoms with Crippen molar-refractivity contribution in [3.63, 3.8) is 0 Å². The van der Waals surface area contributed by atoms with Crippen LogP contribution in [-0.2, 0) is 4.74 Å². The van der Waals surface area contributed by atoms with Crippen molar-refractivity contribution < 1.29 is 9.15 Å². The molecule has 1 aromatic rings. The summed E-state index contributed by atoms with van der Waals surface area (Å²) in [5.41, 5.74) is 0. The summed E-state index contributed by atoms with van der Waals surface area (Å²) in [6, 6.07) is 4.24. The minimum atomic E-state index is 0.254. The topological polar surface area (TPSA) is 34.4 Å². The second kappa shape index (κ2) is 5.83. The molecular formula is C11H19NO2. The van der Waals surface area contributed by atoms with Crippen molar-refractivity contribution in [3.05, 3.63) is 23.7 Å². The van der Waals surface area contributed by atoms with Crippen molar-refractivity contribution in [2.24, 2.45) is 0 Å². The van der Waals surface area contributed by atoms with Crippen molar-refractivity contribution in [2.75, 3.05) is 19.8 Å². The molecule has 0 aliphatic rings. The lowest BCUT2D eigenvalue weighted by atomic mass is 10.2. The maximum absolute atomic E-state index is 5.50. The van der Waals surface area contributed by atoms with E-state index in [0.29, 0.717) is 0 Å². The van der Waals surface area contributed by atoms with E-state index in [4.69, 9.17) is 9.15 Å². The molecule has 0 radical (unpaired) electrons. The first-order valence-electron chi connectivity index (χ1n) is 5.11. The molecule has 0 aromatic carbocycles. The predicted molar refractivity (Wildman–Crippen MR) is 56.4 cm³/mol. The summed E-state index contributed by atoms with van der Waals surface area (Å²) < 4.78 is 10.7. The zero-order chi connectivity index (χ0) is 10.4. The summed E-state index contributed by atoms with van der Waals surface area (Å²) in [6.45, 7) is 8.42. The third-order valence-electron chi connectivity index (χ3n) is 2.09. The van der Waals surface area contributed by atoms with E-state index in [1.54, 1.807) is 0 Å². The molecule has 0 fully saturated rings. The summed E-state index contributed by atoms with van der Waals surface area (Å²) in [4.78, 5) is 0. The molecular weight excluding hydrogens is 178 g/mol. The van der Waals surface area contributed by atoms with E-state index in [9.17, 15) is 0 Å². The minimum absolute atomic E-state index is 0.254. The first-order chi connectivity index (χ1) is 6.74. The highest BCUT2D eigenvalue weighted by Gasteiger charge is 2.07. The normalized spacial score (nSPS) is 13.1. The highest BCUT2D eigenvalue weighted by Crippen LogP contribution is 2.14. The smallest absolute Gasteiger partial charge is 0.120 e. The lowest BCUT2D eigenvalue weighted by Crippen LogP contribution is -2.22. The van der Waals surface area contributed by atoms with Crippen LogP contribution in [0.5, 0.6) is 0 Å². The molecule has 0 spiro atoms. The van der Waals surface area contributed by atoms with Gasteiger partial charge in [0.05, 0.1) is 12.6 Å². The van der Waals surface area contributed by atoms with E-state index in [0.717, 1.165) is 31.3 Å². The van der Waals surface area contributed by atoms with Crippen LogP contribution < -0.4 is 5.32 Å². The highest BCUT2D eigenvalue weighted by molar-refractivity contribution is 5.08. The minimum Gasteiger partial charge on any atom is -0.465 e. The zero-order valence-corrected chi connectivity index (χ0v) is 9.17. The number of ether oxygens (including phenoxy) is 1. The van der Waals surface area contributed by atoms with Crippen LogP contribution in [-0.4, -0.2) is 19.8 Å². The van der Waals surface area contributed by atoms with Gasteiger partial charge < -0.3 is 14.5 Å². The molecule has 0 aliphatic carbocycles. The Balaban J connectivity index is 2.25. The van der Waals surface area contributed by atoms with E-state index >= 15 is 0 Å².